The molecule has 1 amide bonds. The van der Waals surface area contributed by atoms with Gasteiger partial charge >= 0.3 is 5.97 Å². The average molecular weight is 253 g/mol. The second kappa shape index (κ2) is 6.61. The SMILES string of the molecule is CCOCC(=O)N(CC(=O)O)c1ccc(O)cc1. The molecule has 1 aromatic rings. The van der Waals surface area contributed by atoms with E-state index in [9.17, 15) is 9.59 Å². The molecule has 6 nitrogen and oxygen atoms in total. The highest BCUT2D eigenvalue weighted by Crippen LogP contribution is 2.18. The fourth-order valence-corrected chi connectivity index (χ4v) is 1.36. The third-order valence-corrected chi connectivity index (χ3v) is 2.19. The van der Waals surface area contributed by atoms with Crippen LogP contribution < -0.4 is 4.90 Å². The molecule has 0 saturated carbocycles. The summed E-state index contributed by atoms with van der Waals surface area (Å²) in [5, 5.41) is 17.9. The molecular weight excluding hydrogens is 238 g/mol. The number of phenolic OH excluding ortho intramolecular Hbond substituents is 1. The number of hydrogen-bond donors (Lipinski definition) is 2. The maximum atomic E-state index is 11.8. The number of rotatable bonds is 6. The fraction of sp³-hybridized carbons (Fsp3) is 0.333. The van der Waals surface area contributed by atoms with Gasteiger partial charge in [0.05, 0.1) is 0 Å². The lowest BCUT2D eigenvalue weighted by molar-refractivity contribution is -0.137. The van der Waals surface area contributed by atoms with Crippen LogP contribution >= 0.6 is 0 Å². The first kappa shape index (κ1) is 14.0. The van der Waals surface area contributed by atoms with Gasteiger partial charge in [0.1, 0.15) is 18.9 Å². The van der Waals surface area contributed by atoms with Crippen molar-refractivity contribution in [1.29, 1.82) is 0 Å². The molecule has 0 fully saturated rings. The molecule has 0 spiro atoms. The Kier molecular flexibility index (Phi) is 5.13. The van der Waals surface area contributed by atoms with E-state index in [0.717, 1.165) is 4.90 Å². The van der Waals surface area contributed by atoms with Crippen LogP contribution in [0.1, 0.15) is 6.92 Å². The van der Waals surface area contributed by atoms with Crippen molar-refractivity contribution in [3.05, 3.63) is 24.3 Å². The van der Waals surface area contributed by atoms with Gasteiger partial charge in [0.25, 0.3) is 5.91 Å². The quantitative estimate of drug-likeness (QED) is 0.784. The third kappa shape index (κ3) is 4.06. The van der Waals surface area contributed by atoms with Gasteiger partial charge in [0.2, 0.25) is 0 Å². The first-order valence-corrected chi connectivity index (χ1v) is 5.43. The van der Waals surface area contributed by atoms with E-state index in [1.165, 1.54) is 24.3 Å². The number of carbonyl (C=O) groups excluding carboxylic acids is 1. The highest BCUT2D eigenvalue weighted by atomic mass is 16.5. The van der Waals surface area contributed by atoms with Crippen molar-refractivity contribution in [3.63, 3.8) is 0 Å². The molecule has 0 unspecified atom stereocenters. The monoisotopic (exact) mass is 253 g/mol. The van der Waals surface area contributed by atoms with E-state index in [2.05, 4.69) is 0 Å². The molecule has 0 atom stereocenters. The maximum absolute atomic E-state index is 11.8. The van der Waals surface area contributed by atoms with E-state index in [1.807, 2.05) is 0 Å². The summed E-state index contributed by atoms with van der Waals surface area (Å²) in [5.41, 5.74) is 0.403. The Bertz CT molecular complexity index is 415. The summed E-state index contributed by atoms with van der Waals surface area (Å²) in [6.07, 6.45) is 0. The van der Waals surface area contributed by atoms with E-state index >= 15 is 0 Å². The van der Waals surface area contributed by atoms with Gasteiger partial charge in [-0.2, -0.15) is 0 Å². The molecule has 0 aliphatic rings. The molecule has 0 radical (unpaired) electrons. The lowest BCUT2D eigenvalue weighted by Crippen LogP contribution is -2.38. The van der Waals surface area contributed by atoms with Gasteiger partial charge in [-0.3, -0.25) is 14.5 Å². The average Bonchev–Trinajstić information content (AvgIpc) is 2.34. The maximum Gasteiger partial charge on any atom is 0.323 e. The van der Waals surface area contributed by atoms with Crippen LogP contribution in [0.5, 0.6) is 5.75 Å². The summed E-state index contributed by atoms with van der Waals surface area (Å²) < 4.78 is 4.97. The topological polar surface area (TPSA) is 87.1 Å². The Labute approximate surface area is 104 Å². The number of nitrogens with zero attached hydrogens (tertiary/aromatic N) is 1. The molecule has 1 rings (SSSR count). The van der Waals surface area contributed by atoms with Crippen molar-refractivity contribution >= 4 is 17.6 Å². The molecule has 98 valence electrons. The summed E-state index contributed by atoms with van der Waals surface area (Å²) in [7, 11) is 0. The first-order chi connectivity index (χ1) is 8.54. The number of carboxylic acid groups (broad SMARTS) is 1. The Balaban J connectivity index is 2.86. The van der Waals surface area contributed by atoms with Crippen LogP contribution in [0.25, 0.3) is 0 Å². The zero-order valence-electron chi connectivity index (χ0n) is 10.00. The molecule has 6 heteroatoms. The summed E-state index contributed by atoms with van der Waals surface area (Å²) in [4.78, 5) is 23.6. The van der Waals surface area contributed by atoms with Crippen molar-refractivity contribution < 1.29 is 24.5 Å². The molecule has 0 aromatic heterocycles. The zero-order chi connectivity index (χ0) is 13.5. The van der Waals surface area contributed by atoms with Gasteiger partial charge < -0.3 is 14.9 Å². The predicted molar refractivity (Wildman–Crippen MR) is 64.6 cm³/mol. The van der Waals surface area contributed by atoms with Gasteiger partial charge in [-0.05, 0) is 31.2 Å². The molecule has 0 aliphatic carbocycles. The van der Waals surface area contributed by atoms with Crippen molar-refractivity contribution in [2.45, 2.75) is 6.92 Å². The molecular formula is C12H15NO5. The first-order valence-electron chi connectivity index (χ1n) is 5.43. The Morgan fingerprint density at radius 2 is 1.89 bits per heavy atom. The Hall–Kier alpha value is -2.08. The number of carboxylic acids is 1. The van der Waals surface area contributed by atoms with Crippen molar-refractivity contribution in [2.24, 2.45) is 0 Å². The van der Waals surface area contributed by atoms with Crippen LogP contribution in [0.3, 0.4) is 0 Å². The minimum Gasteiger partial charge on any atom is -0.508 e. The van der Waals surface area contributed by atoms with E-state index in [-0.39, 0.29) is 12.4 Å². The highest BCUT2D eigenvalue weighted by molar-refractivity contribution is 5.98. The number of amides is 1. The fourth-order valence-electron chi connectivity index (χ4n) is 1.36. The van der Waals surface area contributed by atoms with Gasteiger partial charge in [-0.1, -0.05) is 0 Å². The van der Waals surface area contributed by atoms with Crippen molar-refractivity contribution in [3.8, 4) is 5.75 Å². The van der Waals surface area contributed by atoms with E-state index in [1.54, 1.807) is 6.92 Å². The van der Waals surface area contributed by atoms with Crippen LogP contribution in [-0.2, 0) is 14.3 Å². The second-order valence-corrected chi connectivity index (χ2v) is 3.53. The number of benzene rings is 1. The van der Waals surface area contributed by atoms with Crippen LogP contribution in [0.15, 0.2) is 24.3 Å². The second-order valence-electron chi connectivity index (χ2n) is 3.53. The molecule has 0 saturated heterocycles. The van der Waals surface area contributed by atoms with E-state index < -0.39 is 18.4 Å². The van der Waals surface area contributed by atoms with Crippen molar-refractivity contribution in [1.82, 2.24) is 0 Å². The standard InChI is InChI=1S/C12H15NO5/c1-2-18-8-11(15)13(7-12(16)17)9-3-5-10(14)6-4-9/h3-6,14H,2,7-8H2,1H3,(H,16,17). The molecule has 18 heavy (non-hydrogen) atoms. The Morgan fingerprint density at radius 3 is 2.39 bits per heavy atom. The minimum atomic E-state index is -1.12. The van der Waals surface area contributed by atoms with E-state index in [4.69, 9.17) is 14.9 Å². The smallest absolute Gasteiger partial charge is 0.323 e. The van der Waals surface area contributed by atoms with Gasteiger partial charge in [-0.25, -0.2) is 0 Å². The molecule has 1 aromatic carbocycles. The van der Waals surface area contributed by atoms with Crippen molar-refractivity contribution in [2.75, 3.05) is 24.7 Å². The summed E-state index contributed by atoms with van der Waals surface area (Å²) in [5.74, 6) is -1.51. The number of hydrogen-bond acceptors (Lipinski definition) is 4. The molecule has 2 N–H and O–H groups in total. The summed E-state index contributed by atoms with van der Waals surface area (Å²) >= 11 is 0. The van der Waals surface area contributed by atoms with Crippen LogP contribution in [0.2, 0.25) is 0 Å². The van der Waals surface area contributed by atoms with Crippen LogP contribution in [-0.4, -0.2) is 41.8 Å². The highest BCUT2D eigenvalue weighted by Gasteiger charge is 2.18. The number of phenols is 1. The van der Waals surface area contributed by atoms with Gasteiger partial charge in [0.15, 0.2) is 0 Å². The number of aromatic hydroxyl groups is 1. The zero-order valence-corrected chi connectivity index (χ0v) is 10.00. The summed E-state index contributed by atoms with van der Waals surface area (Å²) in [6.45, 7) is 1.50. The minimum absolute atomic E-state index is 0.0475. The van der Waals surface area contributed by atoms with Gasteiger partial charge in [-0.15, -0.1) is 0 Å². The lowest BCUT2D eigenvalue weighted by Gasteiger charge is -2.20. The molecule has 0 heterocycles. The number of aliphatic carboxylic acids is 1. The molecule has 0 bridgehead atoms. The number of ether oxygens (including phenoxy) is 1. The normalized spacial score (nSPS) is 10.1. The number of anilines is 1. The predicted octanol–water partition coefficient (Wildman–Crippen LogP) is 0.846. The van der Waals surface area contributed by atoms with Crippen LogP contribution in [0, 0.1) is 0 Å². The van der Waals surface area contributed by atoms with E-state index in [0.29, 0.717) is 12.3 Å². The molecule has 0 aliphatic heterocycles. The number of carbonyl (C=O) groups is 2. The summed E-state index contributed by atoms with van der Waals surface area (Å²) in [6, 6.07) is 5.72. The largest absolute Gasteiger partial charge is 0.508 e. The Morgan fingerprint density at radius 1 is 1.28 bits per heavy atom. The van der Waals surface area contributed by atoms with Gasteiger partial charge in [0, 0.05) is 12.3 Å². The van der Waals surface area contributed by atoms with Crippen LogP contribution in [0.4, 0.5) is 5.69 Å². The lowest BCUT2D eigenvalue weighted by atomic mass is 10.2. The third-order valence-electron chi connectivity index (χ3n) is 2.19.